The Labute approximate surface area is 178 Å². The Hall–Kier alpha value is -3.27. The average Bonchev–Trinajstić information content (AvgIpc) is 3.48. The van der Waals surface area contributed by atoms with E-state index in [1.54, 1.807) is 0 Å². The molecule has 4 heterocycles. The number of rotatable bonds is 0. The lowest BCUT2D eigenvalue weighted by Gasteiger charge is -1.97. The van der Waals surface area contributed by atoms with E-state index in [1.807, 2.05) is 38.5 Å². The molecular formula is C26H28N4. The SMILES string of the molecule is Cc1ccc2c(n1)CC=C2.Cc1cnc2[nH]ccc2c1.Cc1cnc2c(c1)CCC2. The van der Waals surface area contributed by atoms with Crippen LogP contribution in [0, 0.1) is 20.8 Å². The first-order valence-corrected chi connectivity index (χ1v) is 10.6. The molecule has 0 fully saturated rings. The first kappa shape index (κ1) is 20.0. The molecule has 4 heteroatoms. The second-order valence-corrected chi connectivity index (χ2v) is 8.00. The fourth-order valence-corrected chi connectivity index (χ4v) is 3.83. The van der Waals surface area contributed by atoms with E-state index >= 15 is 0 Å². The molecule has 0 saturated carbocycles. The van der Waals surface area contributed by atoms with Gasteiger partial charge in [0.15, 0.2) is 0 Å². The number of nitrogens with zero attached hydrogens (tertiary/aromatic N) is 3. The molecule has 4 nitrogen and oxygen atoms in total. The van der Waals surface area contributed by atoms with Crippen LogP contribution in [0.3, 0.4) is 0 Å². The number of aryl methyl sites for hydroxylation is 5. The highest BCUT2D eigenvalue weighted by Gasteiger charge is 2.10. The van der Waals surface area contributed by atoms with Crippen molar-refractivity contribution in [3.63, 3.8) is 0 Å². The first-order chi connectivity index (χ1) is 14.6. The molecule has 0 unspecified atom stereocenters. The molecule has 4 aromatic heterocycles. The monoisotopic (exact) mass is 396 g/mol. The number of hydrogen-bond donors (Lipinski definition) is 1. The van der Waals surface area contributed by atoms with Crippen molar-refractivity contribution in [1.29, 1.82) is 0 Å². The predicted molar refractivity (Wildman–Crippen MR) is 124 cm³/mol. The zero-order valence-corrected chi connectivity index (χ0v) is 17.9. The van der Waals surface area contributed by atoms with E-state index in [9.17, 15) is 0 Å². The van der Waals surface area contributed by atoms with Gasteiger partial charge in [-0.05, 0) is 80.5 Å². The Morgan fingerprint density at radius 3 is 2.60 bits per heavy atom. The molecule has 0 aliphatic heterocycles. The van der Waals surface area contributed by atoms with E-state index in [0.29, 0.717) is 0 Å². The van der Waals surface area contributed by atoms with Crippen LogP contribution in [0.1, 0.15) is 45.8 Å². The van der Waals surface area contributed by atoms with Crippen LogP contribution < -0.4 is 0 Å². The lowest BCUT2D eigenvalue weighted by Crippen LogP contribution is -1.89. The molecule has 2 aliphatic rings. The number of pyridine rings is 3. The van der Waals surface area contributed by atoms with Gasteiger partial charge in [0.1, 0.15) is 5.65 Å². The van der Waals surface area contributed by atoms with E-state index in [0.717, 1.165) is 17.8 Å². The fraction of sp³-hybridized carbons (Fsp3) is 0.269. The standard InChI is InChI=1S/C9H11N.C9H9N.C8H8N2/c1-7-5-8-3-2-4-9(8)10-6-7;1-7-5-6-8-3-2-4-9(8)10-7;1-6-4-7-2-3-9-8(7)10-5-6/h5-6H,2-4H2,1H3;2-3,5-6H,4H2,1H3;2-5H,1H3,(H,9,10). The lowest BCUT2D eigenvalue weighted by atomic mass is 10.2. The van der Waals surface area contributed by atoms with Gasteiger partial charge in [-0.25, -0.2) is 4.98 Å². The highest BCUT2D eigenvalue weighted by molar-refractivity contribution is 5.75. The summed E-state index contributed by atoms with van der Waals surface area (Å²) < 4.78 is 0. The highest BCUT2D eigenvalue weighted by atomic mass is 14.8. The third-order valence-corrected chi connectivity index (χ3v) is 5.35. The Bertz CT molecular complexity index is 1180. The molecular weight excluding hydrogens is 368 g/mol. The zero-order valence-electron chi connectivity index (χ0n) is 17.9. The molecule has 152 valence electrons. The van der Waals surface area contributed by atoms with Gasteiger partial charge in [0.25, 0.3) is 0 Å². The number of allylic oxidation sites excluding steroid dienone is 1. The van der Waals surface area contributed by atoms with Crippen molar-refractivity contribution in [2.45, 2.75) is 46.5 Å². The molecule has 0 atom stereocenters. The summed E-state index contributed by atoms with van der Waals surface area (Å²) in [4.78, 5) is 16.0. The summed E-state index contributed by atoms with van der Waals surface area (Å²) in [5.41, 5.74) is 9.87. The van der Waals surface area contributed by atoms with E-state index in [-0.39, 0.29) is 0 Å². The van der Waals surface area contributed by atoms with E-state index in [2.05, 4.69) is 63.3 Å². The fourth-order valence-electron chi connectivity index (χ4n) is 3.83. The van der Waals surface area contributed by atoms with Crippen LogP contribution in [0.15, 0.2) is 55.0 Å². The third-order valence-electron chi connectivity index (χ3n) is 5.35. The highest BCUT2D eigenvalue weighted by Crippen LogP contribution is 2.19. The summed E-state index contributed by atoms with van der Waals surface area (Å²) in [6.45, 7) is 6.17. The molecule has 0 aromatic carbocycles. The topological polar surface area (TPSA) is 54.5 Å². The Kier molecular flexibility index (Phi) is 6.03. The molecule has 4 aromatic rings. The van der Waals surface area contributed by atoms with E-state index in [1.165, 1.54) is 58.3 Å². The lowest BCUT2D eigenvalue weighted by molar-refractivity contribution is 0.899. The molecule has 2 aliphatic carbocycles. The number of H-pyrrole nitrogens is 1. The van der Waals surface area contributed by atoms with Crippen LogP contribution in [-0.2, 0) is 19.3 Å². The summed E-state index contributed by atoms with van der Waals surface area (Å²) in [5.74, 6) is 0. The van der Waals surface area contributed by atoms with Gasteiger partial charge in [0.2, 0.25) is 0 Å². The van der Waals surface area contributed by atoms with Crippen molar-refractivity contribution in [2.75, 3.05) is 0 Å². The van der Waals surface area contributed by atoms with E-state index in [4.69, 9.17) is 0 Å². The molecule has 0 radical (unpaired) electrons. The number of aromatic amines is 1. The van der Waals surface area contributed by atoms with Gasteiger partial charge >= 0.3 is 0 Å². The molecule has 0 bridgehead atoms. The average molecular weight is 397 g/mol. The maximum Gasteiger partial charge on any atom is 0.137 e. The molecule has 0 spiro atoms. The molecule has 30 heavy (non-hydrogen) atoms. The Morgan fingerprint density at radius 1 is 0.867 bits per heavy atom. The van der Waals surface area contributed by atoms with Crippen molar-refractivity contribution in [3.8, 4) is 0 Å². The smallest absolute Gasteiger partial charge is 0.137 e. The Morgan fingerprint density at radius 2 is 1.70 bits per heavy atom. The van der Waals surface area contributed by atoms with Gasteiger partial charge < -0.3 is 4.98 Å². The summed E-state index contributed by atoms with van der Waals surface area (Å²) in [6.07, 6.45) is 14.7. The first-order valence-electron chi connectivity index (χ1n) is 10.6. The summed E-state index contributed by atoms with van der Waals surface area (Å²) in [5, 5.41) is 1.18. The van der Waals surface area contributed by atoms with Gasteiger partial charge in [-0.3, -0.25) is 9.97 Å². The van der Waals surface area contributed by atoms with Crippen molar-refractivity contribution < 1.29 is 0 Å². The van der Waals surface area contributed by atoms with Gasteiger partial charge in [0, 0.05) is 41.8 Å². The second-order valence-electron chi connectivity index (χ2n) is 8.00. The third kappa shape index (κ3) is 4.82. The summed E-state index contributed by atoms with van der Waals surface area (Å²) in [6, 6.07) is 10.6. The van der Waals surface area contributed by atoms with Crippen molar-refractivity contribution >= 4 is 17.1 Å². The maximum absolute atomic E-state index is 4.39. The van der Waals surface area contributed by atoms with Crippen LogP contribution >= 0.6 is 0 Å². The minimum atomic E-state index is 0.964. The molecule has 1 N–H and O–H groups in total. The number of aromatic nitrogens is 4. The maximum atomic E-state index is 4.39. The second kappa shape index (κ2) is 9.04. The van der Waals surface area contributed by atoms with Gasteiger partial charge in [0.05, 0.1) is 5.69 Å². The quantitative estimate of drug-likeness (QED) is 0.414. The van der Waals surface area contributed by atoms with Gasteiger partial charge in [-0.1, -0.05) is 24.3 Å². The van der Waals surface area contributed by atoms with Crippen LogP contribution in [0.5, 0.6) is 0 Å². The molecule has 0 saturated heterocycles. The zero-order chi connectivity index (χ0) is 20.9. The van der Waals surface area contributed by atoms with Crippen LogP contribution in [0.25, 0.3) is 17.1 Å². The van der Waals surface area contributed by atoms with Crippen molar-refractivity contribution in [3.05, 3.63) is 94.3 Å². The predicted octanol–water partition coefficient (Wildman–Crippen LogP) is 5.71. The number of fused-ring (bicyclic) bond motifs is 3. The summed E-state index contributed by atoms with van der Waals surface area (Å²) >= 11 is 0. The van der Waals surface area contributed by atoms with Crippen LogP contribution in [-0.4, -0.2) is 19.9 Å². The van der Waals surface area contributed by atoms with Crippen LogP contribution in [0.2, 0.25) is 0 Å². The molecule has 6 rings (SSSR count). The minimum Gasteiger partial charge on any atom is -0.346 e. The van der Waals surface area contributed by atoms with Crippen LogP contribution in [0.4, 0.5) is 0 Å². The van der Waals surface area contributed by atoms with Gasteiger partial charge in [-0.2, -0.15) is 0 Å². The number of nitrogens with one attached hydrogen (secondary N) is 1. The largest absolute Gasteiger partial charge is 0.346 e. The molecule has 0 amide bonds. The van der Waals surface area contributed by atoms with Gasteiger partial charge in [-0.15, -0.1) is 0 Å². The summed E-state index contributed by atoms with van der Waals surface area (Å²) in [7, 11) is 0. The number of hydrogen-bond acceptors (Lipinski definition) is 3. The Balaban J connectivity index is 0.000000109. The minimum absolute atomic E-state index is 0.964. The van der Waals surface area contributed by atoms with Crippen molar-refractivity contribution in [1.82, 2.24) is 19.9 Å². The normalized spacial score (nSPS) is 13.2. The van der Waals surface area contributed by atoms with Crippen molar-refractivity contribution in [2.24, 2.45) is 0 Å². The van der Waals surface area contributed by atoms with E-state index < -0.39 is 0 Å².